The summed E-state index contributed by atoms with van der Waals surface area (Å²) in [5.41, 5.74) is 3.84. The molecule has 0 saturated carbocycles. The van der Waals surface area contributed by atoms with E-state index in [1.165, 1.54) is 11.1 Å². The molecule has 1 aromatic heterocycles. The van der Waals surface area contributed by atoms with Crippen molar-refractivity contribution in [2.24, 2.45) is 0 Å². The van der Waals surface area contributed by atoms with Gasteiger partial charge in [0.15, 0.2) is 0 Å². The molecule has 0 aliphatic heterocycles. The summed E-state index contributed by atoms with van der Waals surface area (Å²) in [7, 11) is 0. The average Bonchev–Trinajstić information content (AvgIpc) is 2.92. The molecule has 2 rings (SSSR count). The number of aliphatic hydroxyl groups is 1. The maximum absolute atomic E-state index is 9.02. The SMILES string of the molecule is CC(C)c1ccc(NCc2ccc(CO)o2)c(C(C)C)c1. The van der Waals surface area contributed by atoms with Crippen LogP contribution in [0, 0.1) is 0 Å². The van der Waals surface area contributed by atoms with Crippen LogP contribution in [0.1, 0.15) is 62.2 Å². The molecule has 3 heteroatoms. The van der Waals surface area contributed by atoms with E-state index in [0.29, 0.717) is 24.1 Å². The van der Waals surface area contributed by atoms with Crippen LogP contribution in [0.3, 0.4) is 0 Å². The number of rotatable bonds is 6. The van der Waals surface area contributed by atoms with E-state index >= 15 is 0 Å². The predicted octanol–water partition coefficient (Wildman–Crippen LogP) is 4.63. The highest BCUT2D eigenvalue weighted by Crippen LogP contribution is 2.28. The van der Waals surface area contributed by atoms with Crippen molar-refractivity contribution in [1.29, 1.82) is 0 Å². The smallest absolute Gasteiger partial charge is 0.129 e. The van der Waals surface area contributed by atoms with E-state index < -0.39 is 0 Å². The van der Waals surface area contributed by atoms with Gasteiger partial charge in [-0.25, -0.2) is 0 Å². The Labute approximate surface area is 127 Å². The number of hydrogen-bond acceptors (Lipinski definition) is 3. The van der Waals surface area contributed by atoms with Gasteiger partial charge in [-0.3, -0.25) is 0 Å². The van der Waals surface area contributed by atoms with E-state index in [-0.39, 0.29) is 6.61 Å². The lowest BCUT2D eigenvalue weighted by Crippen LogP contribution is -2.04. The molecule has 0 radical (unpaired) electrons. The summed E-state index contributed by atoms with van der Waals surface area (Å²) in [6, 6.07) is 10.3. The third-order valence-corrected chi connectivity index (χ3v) is 3.69. The first-order valence-corrected chi connectivity index (χ1v) is 7.57. The molecule has 114 valence electrons. The second-order valence-electron chi connectivity index (χ2n) is 6.04. The van der Waals surface area contributed by atoms with Crippen molar-refractivity contribution in [2.45, 2.75) is 52.7 Å². The molecule has 0 aliphatic rings. The van der Waals surface area contributed by atoms with E-state index in [4.69, 9.17) is 9.52 Å². The van der Waals surface area contributed by atoms with Crippen LogP contribution in [-0.2, 0) is 13.2 Å². The molecule has 0 spiro atoms. The first kappa shape index (κ1) is 15.6. The normalized spacial score (nSPS) is 11.4. The average molecular weight is 287 g/mol. The predicted molar refractivity (Wildman–Crippen MR) is 86.6 cm³/mol. The third kappa shape index (κ3) is 3.88. The Morgan fingerprint density at radius 3 is 2.29 bits per heavy atom. The van der Waals surface area contributed by atoms with Crippen molar-refractivity contribution >= 4 is 5.69 Å². The molecular formula is C18H25NO2. The minimum Gasteiger partial charge on any atom is -0.462 e. The van der Waals surface area contributed by atoms with Crippen LogP contribution < -0.4 is 5.32 Å². The minimum atomic E-state index is -0.0552. The Morgan fingerprint density at radius 1 is 1.00 bits per heavy atom. The Kier molecular flexibility index (Phi) is 5.07. The zero-order valence-corrected chi connectivity index (χ0v) is 13.3. The van der Waals surface area contributed by atoms with Crippen molar-refractivity contribution in [3.8, 4) is 0 Å². The zero-order chi connectivity index (χ0) is 15.4. The van der Waals surface area contributed by atoms with E-state index in [9.17, 15) is 0 Å². The lowest BCUT2D eigenvalue weighted by molar-refractivity contribution is 0.244. The van der Waals surface area contributed by atoms with Crippen LogP contribution in [0.2, 0.25) is 0 Å². The second kappa shape index (κ2) is 6.81. The summed E-state index contributed by atoms with van der Waals surface area (Å²) in [5.74, 6) is 2.44. The fourth-order valence-corrected chi connectivity index (χ4v) is 2.36. The quantitative estimate of drug-likeness (QED) is 0.814. The van der Waals surface area contributed by atoms with Gasteiger partial charge in [0.25, 0.3) is 0 Å². The molecule has 0 aliphatic carbocycles. The van der Waals surface area contributed by atoms with Gasteiger partial charge < -0.3 is 14.8 Å². The Hall–Kier alpha value is -1.74. The highest BCUT2D eigenvalue weighted by atomic mass is 16.4. The topological polar surface area (TPSA) is 45.4 Å². The van der Waals surface area contributed by atoms with Gasteiger partial charge in [-0.05, 0) is 41.2 Å². The number of benzene rings is 1. The molecule has 21 heavy (non-hydrogen) atoms. The molecule has 0 bridgehead atoms. The Balaban J connectivity index is 2.15. The molecule has 2 N–H and O–H groups in total. The van der Waals surface area contributed by atoms with Crippen molar-refractivity contribution in [3.63, 3.8) is 0 Å². The zero-order valence-electron chi connectivity index (χ0n) is 13.3. The summed E-state index contributed by atoms with van der Waals surface area (Å²) in [5, 5.41) is 12.5. The molecule has 0 unspecified atom stereocenters. The molecule has 2 aromatic rings. The summed E-state index contributed by atoms with van der Waals surface area (Å²) in [6.07, 6.45) is 0. The van der Waals surface area contributed by atoms with Gasteiger partial charge in [0, 0.05) is 5.69 Å². The van der Waals surface area contributed by atoms with Crippen LogP contribution in [-0.4, -0.2) is 5.11 Å². The van der Waals surface area contributed by atoms with Crippen LogP contribution >= 0.6 is 0 Å². The lowest BCUT2D eigenvalue weighted by Gasteiger charge is -2.17. The Bertz CT molecular complexity index is 585. The van der Waals surface area contributed by atoms with Crippen molar-refractivity contribution in [1.82, 2.24) is 0 Å². The molecule has 0 amide bonds. The summed E-state index contributed by atoms with van der Waals surface area (Å²) in [4.78, 5) is 0. The largest absolute Gasteiger partial charge is 0.462 e. The van der Waals surface area contributed by atoms with E-state index in [0.717, 1.165) is 11.4 Å². The van der Waals surface area contributed by atoms with Gasteiger partial charge in [0.2, 0.25) is 0 Å². The Morgan fingerprint density at radius 2 is 1.71 bits per heavy atom. The van der Waals surface area contributed by atoms with Gasteiger partial charge in [-0.2, -0.15) is 0 Å². The summed E-state index contributed by atoms with van der Waals surface area (Å²) >= 11 is 0. The molecule has 0 fully saturated rings. The lowest BCUT2D eigenvalue weighted by atomic mass is 9.94. The fraction of sp³-hybridized carbons (Fsp3) is 0.444. The molecule has 0 saturated heterocycles. The number of furan rings is 1. The van der Waals surface area contributed by atoms with E-state index in [2.05, 4.69) is 51.2 Å². The first-order chi connectivity index (χ1) is 10.0. The van der Waals surface area contributed by atoms with Crippen molar-refractivity contribution < 1.29 is 9.52 Å². The molecule has 1 heterocycles. The maximum atomic E-state index is 9.02. The number of aliphatic hydroxyl groups excluding tert-OH is 1. The summed E-state index contributed by atoms with van der Waals surface area (Å²) in [6.45, 7) is 9.42. The van der Waals surface area contributed by atoms with E-state index in [1.807, 2.05) is 12.1 Å². The number of hydrogen-bond donors (Lipinski definition) is 2. The number of nitrogens with one attached hydrogen (secondary N) is 1. The molecule has 0 atom stereocenters. The molecular weight excluding hydrogens is 262 g/mol. The standard InChI is InChI=1S/C18H25NO2/c1-12(2)14-5-8-18(17(9-14)13(3)4)19-10-15-6-7-16(11-20)21-15/h5-9,12-13,19-20H,10-11H2,1-4H3. The van der Waals surface area contributed by atoms with Gasteiger partial charge in [0.1, 0.15) is 18.1 Å². The highest BCUT2D eigenvalue weighted by Gasteiger charge is 2.10. The fourth-order valence-electron chi connectivity index (χ4n) is 2.36. The van der Waals surface area contributed by atoms with Crippen molar-refractivity contribution in [2.75, 3.05) is 5.32 Å². The van der Waals surface area contributed by atoms with Gasteiger partial charge in [0.05, 0.1) is 6.54 Å². The molecule has 1 aromatic carbocycles. The number of anilines is 1. The monoisotopic (exact) mass is 287 g/mol. The molecule has 3 nitrogen and oxygen atoms in total. The van der Waals surface area contributed by atoms with Crippen LogP contribution in [0.25, 0.3) is 0 Å². The second-order valence-corrected chi connectivity index (χ2v) is 6.04. The maximum Gasteiger partial charge on any atom is 0.129 e. The first-order valence-electron chi connectivity index (χ1n) is 7.57. The van der Waals surface area contributed by atoms with Crippen molar-refractivity contribution in [3.05, 3.63) is 53.0 Å². The highest BCUT2D eigenvalue weighted by molar-refractivity contribution is 5.54. The van der Waals surface area contributed by atoms with Gasteiger partial charge in [-0.1, -0.05) is 39.8 Å². The minimum absolute atomic E-state index is 0.0552. The van der Waals surface area contributed by atoms with Crippen LogP contribution in [0.4, 0.5) is 5.69 Å². The van der Waals surface area contributed by atoms with Crippen LogP contribution in [0.15, 0.2) is 34.7 Å². The summed E-state index contributed by atoms with van der Waals surface area (Å²) < 4.78 is 5.50. The van der Waals surface area contributed by atoms with Gasteiger partial charge >= 0.3 is 0 Å². The third-order valence-electron chi connectivity index (χ3n) is 3.69. The van der Waals surface area contributed by atoms with Gasteiger partial charge in [-0.15, -0.1) is 0 Å². The van der Waals surface area contributed by atoms with Crippen LogP contribution in [0.5, 0.6) is 0 Å². The van der Waals surface area contributed by atoms with E-state index in [1.54, 1.807) is 0 Å².